The number of carbonyl (C=O) groups is 1. The summed E-state index contributed by atoms with van der Waals surface area (Å²) in [5.41, 5.74) is 6.03. The summed E-state index contributed by atoms with van der Waals surface area (Å²) in [6.45, 7) is 1.85. The first kappa shape index (κ1) is 15.6. The fourth-order valence-corrected chi connectivity index (χ4v) is 3.58. The van der Waals surface area contributed by atoms with Crippen LogP contribution in [-0.4, -0.2) is 10.9 Å². The number of pyridine rings is 1. The molecule has 3 aromatic rings. The summed E-state index contributed by atoms with van der Waals surface area (Å²) in [7, 11) is 0. The first-order chi connectivity index (χ1) is 12.1. The van der Waals surface area contributed by atoms with E-state index in [4.69, 9.17) is 0 Å². The Morgan fingerprint density at radius 2 is 1.92 bits per heavy atom. The number of hydrogen-bond donors (Lipinski definition) is 2. The lowest BCUT2D eigenvalue weighted by molar-refractivity contribution is -0.115. The van der Waals surface area contributed by atoms with Crippen LogP contribution in [0.15, 0.2) is 47.3 Å². The van der Waals surface area contributed by atoms with Crippen molar-refractivity contribution in [3.8, 4) is 0 Å². The normalized spacial score (nSPS) is 13.0. The molecule has 1 heterocycles. The number of aromatic nitrogens is 1. The van der Waals surface area contributed by atoms with Crippen molar-refractivity contribution in [3.63, 3.8) is 0 Å². The number of rotatable bonds is 3. The minimum atomic E-state index is -0.0687. The zero-order valence-corrected chi connectivity index (χ0v) is 14.2. The molecule has 2 N–H and O–H groups in total. The number of carbonyl (C=O) groups excluding carboxylic acids is 1. The van der Waals surface area contributed by atoms with Crippen molar-refractivity contribution < 1.29 is 4.79 Å². The van der Waals surface area contributed by atoms with Crippen molar-refractivity contribution in [3.05, 3.63) is 75.1 Å². The fraction of sp³-hybridized carbons (Fsp3) is 0.238. The molecule has 0 spiro atoms. The standard InChI is InChI=1S/C21H20N2O2/c1-13-9-20(24)18-12-17(7-8-19(18)22-13)23-21(25)11-14-5-6-15-3-2-4-16(15)10-14/h5-10,12H,2-4,11H2,1H3,(H,22,24)(H,23,25). The lowest BCUT2D eigenvalue weighted by atomic mass is 10.0. The molecule has 2 aromatic carbocycles. The van der Waals surface area contributed by atoms with Gasteiger partial charge in [-0.05, 0) is 61.1 Å². The molecule has 0 saturated heterocycles. The Bertz CT molecular complexity index is 1030. The maximum Gasteiger partial charge on any atom is 0.228 e. The van der Waals surface area contributed by atoms with Crippen molar-refractivity contribution in [1.29, 1.82) is 0 Å². The van der Waals surface area contributed by atoms with Gasteiger partial charge in [-0.2, -0.15) is 0 Å². The molecule has 4 nitrogen and oxygen atoms in total. The van der Waals surface area contributed by atoms with E-state index in [0.717, 1.165) is 29.6 Å². The molecule has 0 atom stereocenters. The van der Waals surface area contributed by atoms with Crippen LogP contribution in [0.3, 0.4) is 0 Å². The molecule has 25 heavy (non-hydrogen) atoms. The smallest absolute Gasteiger partial charge is 0.228 e. The number of amides is 1. The van der Waals surface area contributed by atoms with Gasteiger partial charge < -0.3 is 10.3 Å². The largest absolute Gasteiger partial charge is 0.358 e. The van der Waals surface area contributed by atoms with Gasteiger partial charge in [0.05, 0.1) is 6.42 Å². The number of benzene rings is 2. The molecule has 0 fully saturated rings. The summed E-state index contributed by atoms with van der Waals surface area (Å²) < 4.78 is 0. The van der Waals surface area contributed by atoms with Gasteiger partial charge in [0.25, 0.3) is 0 Å². The van der Waals surface area contributed by atoms with Gasteiger partial charge in [-0.25, -0.2) is 0 Å². The minimum Gasteiger partial charge on any atom is -0.358 e. The molecule has 126 valence electrons. The van der Waals surface area contributed by atoms with Gasteiger partial charge in [-0.3, -0.25) is 9.59 Å². The third-order valence-corrected chi connectivity index (χ3v) is 4.78. The highest BCUT2D eigenvalue weighted by atomic mass is 16.1. The summed E-state index contributed by atoms with van der Waals surface area (Å²) in [4.78, 5) is 27.6. The summed E-state index contributed by atoms with van der Waals surface area (Å²) in [5, 5.41) is 3.48. The Hall–Kier alpha value is -2.88. The molecule has 1 amide bonds. The molecule has 1 aliphatic carbocycles. The Labute approximate surface area is 145 Å². The second-order valence-electron chi connectivity index (χ2n) is 6.76. The van der Waals surface area contributed by atoms with E-state index in [1.807, 2.05) is 25.1 Å². The second-order valence-corrected chi connectivity index (χ2v) is 6.76. The summed E-state index contributed by atoms with van der Waals surface area (Å²) in [5.74, 6) is -0.0687. The van der Waals surface area contributed by atoms with Crippen molar-refractivity contribution >= 4 is 22.5 Å². The van der Waals surface area contributed by atoms with E-state index in [2.05, 4.69) is 22.4 Å². The van der Waals surface area contributed by atoms with Crippen LogP contribution in [0, 0.1) is 6.92 Å². The summed E-state index contributed by atoms with van der Waals surface area (Å²) in [6.07, 6.45) is 3.80. The maximum absolute atomic E-state index is 12.4. The van der Waals surface area contributed by atoms with E-state index in [0.29, 0.717) is 17.5 Å². The number of hydrogen-bond acceptors (Lipinski definition) is 2. The third-order valence-electron chi connectivity index (χ3n) is 4.78. The predicted octanol–water partition coefficient (Wildman–Crippen LogP) is 3.51. The third kappa shape index (κ3) is 3.20. The molecular formula is C21H20N2O2. The minimum absolute atomic E-state index is 0.0408. The molecule has 0 radical (unpaired) electrons. The lowest BCUT2D eigenvalue weighted by Crippen LogP contribution is -2.15. The van der Waals surface area contributed by atoms with Crippen LogP contribution in [-0.2, 0) is 24.1 Å². The number of anilines is 1. The average Bonchev–Trinajstić information content (AvgIpc) is 3.03. The summed E-state index contributed by atoms with van der Waals surface area (Å²) in [6, 6.07) is 13.3. The van der Waals surface area contributed by atoms with Crippen molar-refractivity contribution in [2.45, 2.75) is 32.6 Å². The Balaban J connectivity index is 1.52. The molecule has 4 rings (SSSR count). The highest BCUT2D eigenvalue weighted by Gasteiger charge is 2.12. The number of aromatic amines is 1. The van der Waals surface area contributed by atoms with Gasteiger partial charge in [-0.1, -0.05) is 18.2 Å². The molecule has 0 aliphatic heterocycles. The highest BCUT2D eigenvalue weighted by Crippen LogP contribution is 2.23. The van der Waals surface area contributed by atoms with Crippen LogP contribution in [0.2, 0.25) is 0 Å². The highest BCUT2D eigenvalue weighted by molar-refractivity contribution is 5.94. The number of nitrogens with one attached hydrogen (secondary N) is 2. The predicted molar refractivity (Wildman–Crippen MR) is 100 cm³/mol. The van der Waals surface area contributed by atoms with E-state index < -0.39 is 0 Å². The van der Waals surface area contributed by atoms with Gasteiger partial charge in [0.2, 0.25) is 5.91 Å². The van der Waals surface area contributed by atoms with Crippen LogP contribution in [0.25, 0.3) is 10.9 Å². The number of fused-ring (bicyclic) bond motifs is 2. The molecular weight excluding hydrogens is 312 g/mol. The van der Waals surface area contributed by atoms with Crippen LogP contribution in [0.4, 0.5) is 5.69 Å². The Morgan fingerprint density at radius 1 is 1.08 bits per heavy atom. The Kier molecular flexibility index (Phi) is 3.88. The topological polar surface area (TPSA) is 62.0 Å². The number of H-pyrrole nitrogens is 1. The SMILES string of the molecule is Cc1cc(=O)c2cc(NC(=O)Cc3ccc4c(c3)CCC4)ccc2[nH]1. The Morgan fingerprint density at radius 3 is 2.80 bits per heavy atom. The van der Waals surface area contributed by atoms with Gasteiger partial charge in [0, 0.05) is 28.4 Å². The molecule has 4 heteroatoms. The van der Waals surface area contributed by atoms with E-state index in [-0.39, 0.29) is 11.3 Å². The second kappa shape index (κ2) is 6.20. The lowest BCUT2D eigenvalue weighted by Gasteiger charge is -2.08. The van der Waals surface area contributed by atoms with E-state index in [9.17, 15) is 9.59 Å². The van der Waals surface area contributed by atoms with Crippen LogP contribution >= 0.6 is 0 Å². The van der Waals surface area contributed by atoms with Crippen LogP contribution in [0.5, 0.6) is 0 Å². The van der Waals surface area contributed by atoms with E-state index in [1.54, 1.807) is 12.1 Å². The van der Waals surface area contributed by atoms with Gasteiger partial charge >= 0.3 is 0 Å². The van der Waals surface area contributed by atoms with Crippen LogP contribution < -0.4 is 10.7 Å². The molecule has 0 unspecified atom stereocenters. The monoisotopic (exact) mass is 332 g/mol. The van der Waals surface area contributed by atoms with Crippen molar-refractivity contribution in [2.75, 3.05) is 5.32 Å². The zero-order chi connectivity index (χ0) is 17.4. The van der Waals surface area contributed by atoms with Crippen molar-refractivity contribution in [1.82, 2.24) is 4.98 Å². The van der Waals surface area contributed by atoms with Gasteiger partial charge in [0.1, 0.15) is 0 Å². The average molecular weight is 332 g/mol. The van der Waals surface area contributed by atoms with E-state index >= 15 is 0 Å². The van der Waals surface area contributed by atoms with Crippen LogP contribution in [0.1, 0.15) is 28.8 Å². The first-order valence-corrected chi connectivity index (χ1v) is 8.63. The molecule has 0 bridgehead atoms. The fourth-order valence-electron chi connectivity index (χ4n) is 3.58. The molecule has 1 aliphatic rings. The van der Waals surface area contributed by atoms with Gasteiger partial charge in [0.15, 0.2) is 5.43 Å². The van der Waals surface area contributed by atoms with Crippen molar-refractivity contribution in [2.24, 2.45) is 0 Å². The zero-order valence-electron chi connectivity index (χ0n) is 14.2. The summed E-state index contributed by atoms with van der Waals surface area (Å²) >= 11 is 0. The van der Waals surface area contributed by atoms with Gasteiger partial charge in [-0.15, -0.1) is 0 Å². The quantitative estimate of drug-likeness (QED) is 0.771. The first-order valence-electron chi connectivity index (χ1n) is 8.63. The molecule has 1 aromatic heterocycles. The van der Waals surface area contributed by atoms with E-state index in [1.165, 1.54) is 17.5 Å². The number of aryl methyl sites for hydroxylation is 3. The maximum atomic E-state index is 12.4. The molecule has 0 saturated carbocycles.